The van der Waals surface area contributed by atoms with Crippen LogP contribution in [0.25, 0.3) is 11.5 Å². The van der Waals surface area contributed by atoms with Crippen LogP contribution in [0.3, 0.4) is 0 Å². The molecule has 0 aliphatic carbocycles. The van der Waals surface area contributed by atoms with Gasteiger partial charge in [-0.1, -0.05) is 19.0 Å². The molecule has 1 atom stereocenters. The van der Waals surface area contributed by atoms with Gasteiger partial charge in [0.2, 0.25) is 0 Å². The van der Waals surface area contributed by atoms with Crippen molar-refractivity contribution in [2.45, 2.75) is 31.3 Å². The summed E-state index contributed by atoms with van der Waals surface area (Å²) < 4.78 is 6.23. The second-order valence-corrected chi connectivity index (χ2v) is 6.88. The first-order valence-corrected chi connectivity index (χ1v) is 8.16. The van der Waals surface area contributed by atoms with Crippen molar-refractivity contribution in [1.29, 1.82) is 0 Å². The summed E-state index contributed by atoms with van der Waals surface area (Å²) in [5.74, 6) is 1.92. The number of nitrogens with zero attached hydrogens (tertiary/aromatic N) is 2. The number of hydrogen-bond acceptors (Lipinski definition) is 5. The lowest BCUT2D eigenvalue weighted by Gasteiger charge is -2.04. The van der Waals surface area contributed by atoms with E-state index in [9.17, 15) is 5.11 Å². The molecule has 1 unspecified atom stereocenters. The molecule has 0 fully saturated rings. The third-order valence-electron chi connectivity index (χ3n) is 2.73. The standard InChI is InChI=1S/C13H15IN2O2S/c1-3-8(2)19-7-12-15-13(18-16-12)10-6-9(14)4-5-11(10)17/h4-6,8,17H,3,7H2,1-2H3. The molecule has 1 aromatic carbocycles. The first-order valence-electron chi connectivity index (χ1n) is 6.03. The number of aromatic hydroxyl groups is 1. The predicted molar refractivity (Wildman–Crippen MR) is 85.2 cm³/mol. The summed E-state index contributed by atoms with van der Waals surface area (Å²) in [6.45, 7) is 4.33. The predicted octanol–water partition coefficient (Wildman–Crippen LogP) is 4.08. The summed E-state index contributed by atoms with van der Waals surface area (Å²) >= 11 is 3.98. The fourth-order valence-electron chi connectivity index (χ4n) is 1.44. The third-order valence-corrected chi connectivity index (χ3v) is 4.73. The molecule has 19 heavy (non-hydrogen) atoms. The molecule has 0 saturated carbocycles. The molecule has 0 spiro atoms. The van der Waals surface area contributed by atoms with Crippen molar-refractivity contribution in [3.8, 4) is 17.2 Å². The Kier molecular flexibility index (Phi) is 5.09. The second kappa shape index (κ2) is 6.60. The molecule has 1 aromatic heterocycles. The average molecular weight is 390 g/mol. The fraction of sp³-hybridized carbons (Fsp3) is 0.385. The maximum absolute atomic E-state index is 9.82. The number of rotatable bonds is 5. The van der Waals surface area contributed by atoms with Gasteiger partial charge < -0.3 is 9.63 Å². The van der Waals surface area contributed by atoms with Crippen LogP contribution in [-0.4, -0.2) is 20.5 Å². The first kappa shape index (κ1) is 14.6. The number of benzene rings is 1. The molecule has 2 aromatic rings. The van der Waals surface area contributed by atoms with E-state index in [1.54, 1.807) is 17.8 Å². The van der Waals surface area contributed by atoms with Crippen LogP contribution in [0.1, 0.15) is 26.1 Å². The smallest absolute Gasteiger partial charge is 0.261 e. The van der Waals surface area contributed by atoms with Gasteiger partial charge in [-0.05, 0) is 47.2 Å². The van der Waals surface area contributed by atoms with Crippen LogP contribution in [0.15, 0.2) is 22.7 Å². The topological polar surface area (TPSA) is 59.2 Å². The van der Waals surface area contributed by atoms with E-state index in [1.807, 2.05) is 12.1 Å². The van der Waals surface area contributed by atoms with E-state index < -0.39 is 0 Å². The van der Waals surface area contributed by atoms with E-state index >= 15 is 0 Å². The number of phenolic OH excluding ortho intramolecular Hbond substituents is 1. The molecule has 0 radical (unpaired) electrons. The molecular formula is C13H15IN2O2S. The van der Waals surface area contributed by atoms with Crippen LogP contribution < -0.4 is 0 Å². The van der Waals surface area contributed by atoms with Crippen LogP contribution in [0, 0.1) is 3.57 Å². The van der Waals surface area contributed by atoms with Gasteiger partial charge >= 0.3 is 0 Å². The normalized spacial score (nSPS) is 12.6. The summed E-state index contributed by atoms with van der Waals surface area (Å²) in [5, 5.41) is 14.3. The van der Waals surface area contributed by atoms with Gasteiger partial charge in [0.1, 0.15) is 5.75 Å². The van der Waals surface area contributed by atoms with E-state index in [0.29, 0.717) is 22.5 Å². The van der Waals surface area contributed by atoms with Crippen LogP contribution in [0.2, 0.25) is 0 Å². The number of hydrogen-bond donors (Lipinski definition) is 1. The molecule has 1 heterocycles. The lowest BCUT2D eigenvalue weighted by Crippen LogP contribution is -1.94. The Hall–Kier alpha value is -0.760. The highest BCUT2D eigenvalue weighted by atomic mass is 127. The minimum absolute atomic E-state index is 0.158. The molecule has 0 bridgehead atoms. The van der Waals surface area contributed by atoms with Crippen molar-refractivity contribution in [3.05, 3.63) is 27.6 Å². The zero-order valence-corrected chi connectivity index (χ0v) is 13.7. The average Bonchev–Trinajstić information content (AvgIpc) is 2.87. The highest BCUT2D eigenvalue weighted by molar-refractivity contribution is 14.1. The van der Waals surface area contributed by atoms with Crippen molar-refractivity contribution >= 4 is 34.4 Å². The van der Waals surface area contributed by atoms with E-state index in [4.69, 9.17) is 4.52 Å². The van der Waals surface area contributed by atoms with Gasteiger partial charge in [-0.25, -0.2) is 0 Å². The Morgan fingerprint density at radius 2 is 2.26 bits per heavy atom. The molecular weight excluding hydrogens is 375 g/mol. The molecule has 6 heteroatoms. The maximum atomic E-state index is 9.82. The van der Waals surface area contributed by atoms with E-state index in [0.717, 1.165) is 15.7 Å². The Balaban J connectivity index is 2.14. The number of phenols is 1. The van der Waals surface area contributed by atoms with Crippen molar-refractivity contribution in [1.82, 2.24) is 10.1 Å². The van der Waals surface area contributed by atoms with Crippen molar-refractivity contribution in [2.24, 2.45) is 0 Å². The quantitative estimate of drug-likeness (QED) is 0.780. The molecule has 4 nitrogen and oxygen atoms in total. The summed E-state index contributed by atoms with van der Waals surface area (Å²) in [6, 6.07) is 5.29. The Morgan fingerprint density at radius 3 is 3.00 bits per heavy atom. The van der Waals surface area contributed by atoms with E-state index in [-0.39, 0.29) is 5.75 Å². The molecule has 0 amide bonds. The van der Waals surface area contributed by atoms with Gasteiger partial charge in [0.05, 0.1) is 11.3 Å². The molecule has 0 aliphatic rings. The SMILES string of the molecule is CCC(C)SCc1noc(-c2cc(I)ccc2O)n1. The fourth-order valence-corrected chi connectivity index (χ4v) is 2.71. The van der Waals surface area contributed by atoms with Crippen LogP contribution in [0.5, 0.6) is 5.75 Å². The molecule has 0 saturated heterocycles. The van der Waals surface area contributed by atoms with Gasteiger partial charge in [0.25, 0.3) is 5.89 Å². The molecule has 0 aliphatic heterocycles. The Labute approximate surface area is 130 Å². The van der Waals surface area contributed by atoms with Gasteiger partial charge in [-0.2, -0.15) is 16.7 Å². The Morgan fingerprint density at radius 1 is 1.47 bits per heavy atom. The van der Waals surface area contributed by atoms with Crippen molar-refractivity contribution in [2.75, 3.05) is 0 Å². The maximum Gasteiger partial charge on any atom is 0.261 e. The highest BCUT2D eigenvalue weighted by Crippen LogP contribution is 2.30. The minimum atomic E-state index is 0.158. The monoisotopic (exact) mass is 390 g/mol. The summed E-state index contributed by atoms with van der Waals surface area (Å²) in [7, 11) is 0. The van der Waals surface area contributed by atoms with E-state index in [1.165, 1.54) is 0 Å². The van der Waals surface area contributed by atoms with Crippen LogP contribution in [0.4, 0.5) is 0 Å². The summed E-state index contributed by atoms with van der Waals surface area (Å²) in [5.41, 5.74) is 0.583. The summed E-state index contributed by atoms with van der Waals surface area (Å²) in [6.07, 6.45) is 1.12. The number of aromatic nitrogens is 2. The molecule has 2 rings (SSSR count). The molecule has 102 valence electrons. The zero-order chi connectivity index (χ0) is 13.8. The van der Waals surface area contributed by atoms with Crippen molar-refractivity contribution < 1.29 is 9.63 Å². The highest BCUT2D eigenvalue weighted by Gasteiger charge is 2.13. The lowest BCUT2D eigenvalue weighted by molar-refractivity contribution is 0.419. The van der Waals surface area contributed by atoms with Gasteiger partial charge in [0.15, 0.2) is 5.82 Å². The van der Waals surface area contributed by atoms with Crippen LogP contribution in [-0.2, 0) is 5.75 Å². The van der Waals surface area contributed by atoms with Gasteiger partial charge in [0, 0.05) is 8.82 Å². The number of thioether (sulfide) groups is 1. The largest absolute Gasteiger partial charge is 0.507 e. The first-order chi connectivity index (χ1) is 9.10. The van der Waals surface area contributed by atoms with Gasteiger partial charge in [-0.15, -0.1) is 0 Å². The second-order valence-electron chi connectivity index (χ2n) is 4.21. The third kappa shape index (κ3) is 3.85. The summed E-state index contributed by atoms with van der Waals surface area (Å²) in [4.78, 5) is 4.33. The van der Waals surface area contributed by atoms with Gasteiger partial charge in [-0.3, -0.25) is 0 Å². The van der Waals surface area contributed by atoms with Crippen molar-refractivity contribution in [3.63, 3.8) is 0 Å². The molecule has 1 N–H and O–H groups in total. The lowest BCUT2D eigenvalue weighted by atomic mass is 10.2. The number of halogens is 1. The minimum Gasteiger partial charge on any atom is -0.507 e. The zero-order valence-electron chi connectivity index (χ0n) is 10.8. The Bertz CT molecular complexity index is 559. The van der Waals surface area contributed by atoms with Crippen LogP contribution >= 0.6 is 34.4 Å². The van der Waals surface area contributed by atoms with E-state index in [2.05, 4.69) is 46.6 Å².